The highest BCUT2D eigenvalue weighted by Crippen LogP contribution is 2.34. The van der Waals surface area contributed by atoms with Gasteiger partial charge in [-0.2, -0.15) is 0 Å². The second kappa shape index (κ2) is 6.51. The Morgan fingerprint density at radius 1 is 1.55 bits per heavy atom. The molecule has 3 atom stereocenters. The summed E-state index contributed by atoms with van der Waals surface area (Å²) in [6.45, 7) is 2.91. The van der Waals surface area contributed by atoms with Gasteiger partial charge in [0.2, 0.25) is 0 Å². The molecular weight excluding hydrogens is 328 g/mol. The Labute approximate surface area is 125 Å². The van der Waals surface area contributed by atoms with Crippen LogP contribution in [0, 0.1) is 10.1 Å². The second-order valence-corrected chi connectivity index (χ2v) is 5.48. The van der Waals surface area contributed by atoms with E-state index >= 15 is 0 Å². The number of ether oxygens (including phenoxy) is 2. The van der Waals surface area contributed by atoms with Crippen molar-refractivity contribution in [3.05, 3.63) is 32.8 Å². The molecule has 1 aromatic carbocycles. The predicted octanol–water partition coefficient (Wildman–Crippen LogP) is 2.50. The summed E-state index contributed by atoms with van der Waals surface area (Å²) in [4.78, 5) is 10.4. The van der Waals surface area contributed by atoms with E-state index in [1.807, 2.05) is 6.92 Å². The van der Waals surface area contributed by atoms with Crippen LogP contribution in [0.1, 0.15) is 13.3 Å². The van der Waals surface area contributed by atoms with E-state index in [1.165, 1.54) is 12.1 Å². The minimum atomic E-state index is -0.435. The van der Waals surface area contributed by atoms with Gasteiger partial charge in [-0.1, -0.05) is 6.92 Å². The van der Waals surface area contributed by atoms with Crippen LogP contribution >= 0.6 is 15.9 Å². The fourth-order valence-electron chi connectivity index (χ4n) is 2.33. The first-order chi connectivity index (χ1) is 9.56. The van der Waals surface area contributed by atoms with Crippen molar-refractivity contribution in [1.29, 1.82) is 0 Å². The number of likely N-dealkylation sites (N-methyl/N-ethyl adjacent to an activating group) is 1. The zero-order valence-electron chi connectivity index (χ0n) is 11.3. The van der Waals surface area contributed by atoms with Crippen molar-refractivity contribution in [2.24, 2.45) is 0 Å². The Balaban J connectivity index is 2.07. The van der Waals surface area contributed by atoms with Crippen LogP contribution in [0.4, 0.5) is 5.69 Å². The highest BCUT2D eigenvalue weighted by molar-refractivity contribution is 9.10. The van der Waals surface area contributed by atoms with Gasteiger partial charge in [0.25, 0.3) is 5.69 Å². The molecule has 110 valence electrons. The maximum atomic E-state index is 10.8. The predicted molar refractivity (Wildman–Crippen MR) is 78.1 cm³/mol. The first-order valence-electron chi connectivity index (χ1n) is 6.43. The fraction of sp³-hybridized carbons (Fsp3) is 0.538. The molecule has 0 amide bonds. The maximum Gasteiger partial charge on any atom is 0.273 e. The number of nitrogens with one attached hydrogen (secondary N) is 1. The third-order valence-corrected chi connectivity index (χ3v) is 4.05. The first kappa shape index (κ1) is 15.2. The standard InChI is InChI=1S/C13H17BrN2O4/c1-3-15-10-7-12(13(10)19-2)20-11-6-8(16(17)18)4-5-9(11)14/h4-6,10,12-13,15H,3,7H2,1-2H3. The first-order valence-corrected chi connectivity index (χ1v) is 7.23. The SMILES string of the molecule is CCNC1CC(Oc2cc([N+](=O)[O-])ccc2Br)C1OC. The number of benzene rings is 1. The van der Waals surface area contributed by atoms with Crippen LogP contribution in [0.3, 0.4) is 0 Å². The van der Waals surface area contributed by atoms with E-state index in [2.05, 4.69) is 21.2 Å². The van der Waals surface area contributed by atoms with Crippen molar-refractivity contribution in [2.75, 3.05) is 13.7 Å². The third-order valence-electron chi connectivity index (χ3n) is 3.39. The molecule has 0 bridgehead atoms. The molecule has 0 heterocycles. The van der Waals surface area contributed by atoms with Crippen molar-refractivity contribution < 1.29 is 14.4 Å². The summed E-state index contributed by atoms with van der Waals surface area (Å²) in [5, 5.41) is 14.1. The van der Waals surface area contributed by atoms with Gasteiger partial charge in [0.05, 0.1) is 15.5 Å². The van der Waals surface area contributed by atoms with Crippen molar-refractivity contribution in [1.82, 2.24) is 5.32 Å². The fourth-order valence-corrected chi connectivity index (χ4v) is 2.67. The summed E-state index contributed by atoms with van der Waals surface area (Å²) in [7, 11) is 1.65. The summed E-state index contributed by atoms with van der Waals surface area (Å²) >= 11 is 3.35. The molecule has 0 spiro atoms. The molecule has 0 aliphatic heterocycles. The van der Waals surface area contributed by atoms with E-state index in [4.69, 9.17) is 9.47 Å². The molecule has 0 saturated heterocycles. The number of nitro benzene ring substituents is 1. The zero-order chi connectivity index (χ0) is 14.7. The lowest BCUT2D eigenvalue weighted by molar-refractivity contribution is -0.385. The van der Waals surface area contributed by atoms with E-state index in [0.29, 0.717) is 10.2 Å². The smallest absolute Gasteiger partial charge is 0.273 e. The molecule has 1 aliphatic rings. The molecule has 1 aromatic rings. The number of non-ortho nitro benzene ring substituents is 1. The quantitative estimate of drug-likeness (QED) is 0.633. The lowest BCUT2D eigenvalue weighted by atomic mass is 9.85. The van der Waals surface area contributed by atoms with E-state index in [0.717, 1.165) is 13.0 Å². The van der Waals surface area contributed by atoms with Crippen LogP contribution in [0.5, 0.6) is 5.75 Å². The van der Waals surface area contributed by atoms with Gasteiger partial charge >= 0.3 is 0 Å². The van der Waals surface area contributed by atoms with Crippen molar-refractivity contribution >= 4 is 21.6 Å². The van der Waals surface area contributed by atoms with Crippen LogP contribution in [-0.2, 0) is 4.74 Å². The zero-order valence-corrected chi connectivity index (χ0v) is 12.9. The Bertz CT molecular complexity index is 497. The third kappa shape index (κ3) is 3.11. The van der Waals surface area contributed by atoms with Crippen LogP contribution < -0.4 is 10.1 Å². The molecule has 7 heteroatoms. The average molecular weight is 345 g/mol. The maximum absolute atomic E-state index is 10.8. The van der Waals surface area contributed by atoms with Gasteiger partial charge in [-0.15, -0.1) is 0 Å². The number of nitro groups is 1. The summed E-state index contributed by atoms with van der Waals surface area (Å²) in [6, 6.07) is 4.76. The monoisotopic (exact) mass is 344 g/mol. The molecule has 6 nitrogen and oxygen atoms in total. The molecule has 1 saturated carbocycles. The lowest BCUT2D eigenvalue weighted by Gasteiger charge is -2.43. The molecular formula is C13H17BrN2O4. The molecule has 1 fully saturated rings. The molecule has 1 aliphatic carbocycles. The van der Waals surface area contributed by atoms with E-state index in [9.17, 15) is 10.1 Å². The van der Waals surface area contributed by atoms with Crippen LogP contribution in [0.15, 0.2) is 22.7 Å². The Morgan fingerprint density at radius 2 is 2.30 bits per heavy atom. The second-order valence-electron chi connectivity index (χ2n) is 4.63. The minimum absolute atomic E-state index is 0.0136. The van der Waals surface area contributed by atoms with E-state index in [-0.39, 0.29) is 23.9 Å². The van der Waals surface area contributed by atoms with Crippen LogP contribution in [-0.4, -0.2) is 36.8 Å². The van der Waals surface area contributed by atoms with Crippen molar-refractivity contribution in [2.45, 2.75) is 31.6 Å². The van der Waals surface area contributed by atoms with Gasteiger partial charge in [-0.05, 0) is 28.5 Å². The van der Waals surface area contributed by atoms with Gasteiger partial charge in [-0.3, -0.25) is 10.1 Å². The van der Waals surface area contributed by atoms with Crippen LogP contribution in [0.2, 0.25) is 0 Å². The number of hydrogen-bond donors (Lipinski definition) is 1. The molecule has 1 N–H and O–H groups in total. The Morgan fingerprint density at radius 3 is 2.90 bits per heavy atom. The summed E-state index contributed by atoms with van der Waals surface area (Å²) in [5.74, 6) is 0.473. The Hall–Kier alpha value is -1.18. The average Bonchev–Trinajstić information content (AvgIpc) is 2.39. The number of methoxy groups -OCH3 is 1. The lowest BCUT2D eigenvalue weighted by Crippen LogP contribution is -2.60. The van der Waals surface area contributed by atoms with Crippen molar-refractivity contribution in [3.8, 4) is 5.75 Å². The molecule has 0 aromatic heterocycles. The van der Waals surface area contributed by atoms with Gasteiger partial charge in [-0.25, -0.2) is 0 Å². The largest absolute Gasteiger partial charge is 0.486 e. The van der Waals surface area contributed by atoms with Gasteiger partial charge in [0, 0.05) is 25.6 Å². The number of rotatable bonds is 6. The molecule has 2 rings (SSSR count). The summed E-state index contributed by atoms with van der Waals surface area (Å²) in [5.41, 5.74) is 0.0136. The normalized spacial score (nSPS) is 25.1. The number of hydrogen-bond acceptors (Lipinski definition) is 5. The topological polar surface area (TPSA) is 73.6 Å². The van der Waals surface area contributed by atoms with Gasteiger partial charge < -0.3 is 14.8 Å². The van der Waals surface area contributed by atoms with E-state index in [1.54, 1.807) is 13.2 Å². The number of halogens is 1. The molecule has 0 radical (unpaired) electrons. The summed E-state index contributed by atoms with van der Waals surface area (Å²) in [6.07, 6.45) is 0.685. The minimum Gasteiger partial charge on any atom is -0.486 e. The van der Waals surface area contributed by atoms with Crippen LogP contribution in [0.25, 0.3) is 0 Å². The molecule has 20 heavy (non-hydrogen) atoms. The Kier molecular flexibility index (Phi) is 4.95. The van der Waals surface area contributed by atoms with Gasteiger partial charge in [0.1, 0.15) is 18.0 Å². The van der Waals surface area contributed by atoms with E-state index < -0.39 is 4.92 Å². The van der Waals surface area contributed by atoms with Gasteiger partial charge in [0.15, 0.2) is 0 Å². The summed E-state index contributed by atoms with van der Waals surface area (Å²) < 4.78 is 12.0. The number of nitrogens with zero attached hydrogens (tertiary/aromatic N) is 1. The van der Waals surface area contributed by atoms with Crippen molar-refractivity contribution in [3.63, 3.8) is 0 Å². The highest BCUT2D eigenvalue weighted by atomic mass is 79.9. The molecule has 3 unspecified atom stereocenters. The highest BCUT2D eigenvalue weighted by Gasteiger charge is 2.43.